The number of likely N-dealkylation sites (N-methyl/N-ethyl adjacent to an activating group) is 1. The first-order chi connectivity index (χ1) is 10.7. The molecule has 2 atom stereocenters. The molecule has 6 aliphatic rings. The van der Waals surface area contributed by atoms with Crippen molar-refractivity contribution >= 4 is 5.69 Å². The Bertz CT molecular complexity index is 697. The van der Waals surface area contributed by atoms with Gasteiger partial charge in [0, 0.05) is 36.2 Å². The van der Waals surface area contributed by atoms with Crippen molar-refractivity contribution in [2.75, 3.05) is 25.0 Å². The molecule has 0 amide bonds. The van der Waals surface area contributed by atoms with Crippen LogP contribution in [-0.4, -0.2) is 36.6 Å². The van der Waals surface area contributed by atoms with E-state index >= 15 is 0 Å². The van der Waals surface area contributed by atoms with Gasteiger partial charge in [0.15, 0.2) is 0 Å². The van der Waals surface area contributed by atoms with Crippen molar-refractivity contribution in [3.05, 3.63) is 42.0 Å². The number of rotatable bonds is 0. The average Bonchev–Trinajstić information content (AvgIpc) is 3.07. The van der Waals surface area contributed by atoms with Crippen LogP contribution in [0.3, 0.4) is 0 Å². The van der Waals surface area contributed by atoms with E-state index in [0.717, 1.165) is 6.04 Å². The van der Waals surface area contributed by atoms with Crippen LogP contribution >= 0.6 is 0 Å². The number of para-hydroxylation sites is 1. The van der Waals surface area contributed by atoms with E-state index < -0.39 is 0 Å². The maximum Gasteiger partial charge on any atom is 0.0512 e. The molecule has 7 rings (SSSR count). The van der Waals surface area contributed by atoms with Crippen LogP contribution in [0, 0.1) is 5.41 Å². The second kappa shape index (κ2) is 3.46. The molecule has 114 valence electrons. The van der Waals surface area contributed by atoms with Crippen LogP contribution in [0.25, 0.3) is 0 Å². The summed E-state index contributed by atoms with van der Waals surface area (Å²) in [5.74, 6) is 0. The molecule has 3 aliphatic heterocycles. The summed E-state index contributed by atoms with van der Waals surface area (Å²) in [6, 6.07) is 10.1. The summed E-state index contributed by atoms with van der Waals surface area (Å²) < 4.78 is 0. The van der Waals surface area contributed by atoms with E-state index in [1.807, 2.05) is 0 Å². The molecule has 0 radical (unpaired) electrons. The third kappa shape index (κ3) is 0.973. The highest BCUT2D eigenvalue weighted by molar-refractivity contribution is 5.70. The number of nitrogens with zero attached hydrogens (tertiary/aromatic N) is 2. The molecule has 3 saturated carbocycles. The van der Waals surface area contributed by atoms with Gasteiger partial charge in [-0.15, -0.1) is 0 Å². The van der Waals surface area contributed by atoms with Crippen molar-refractivity contribution in [2.24, 2.45) is 5.41 Å². The number of hydrogen-bond donors (Lipinski definition) is 0. The van der Waals surface area contributed by atoms with Gasteiger partial charge < -0.3 is 4.90 Å². The van der Waals surface area contributed by atoms with E-state index in [0.29, 0.717) is 16.4 Å². The van der Waals surface area contributed by atoms with Gasteiger partial charge in [0.1, 0.15) is 0 Å². The van der Waals surface area contributed by atoms with E-state index in [2.05, 4.69) is 53.3 Å². The lowest BCUT2D eigenvalue weighted by Gasteiger charge is -2.67. The van der Waals surface area contributed by atoms with Crippen LogP contribution in [0.15, 0.2) is 36.4 Å². The smallest absolute Gasteiger partial charge is 0.0512 e. The van der Waals surface area contributed by atoms with Crippen LogP contribution in [0.2, 0.25) is 0 Å². The third-order valence-electron chi connectivity index (χ3n) is 8.19. The summed E-state index contributed by atoms with van der Waals surface area (Å²) in [6.45, 7) is 2.47. The molecule has 1 aromatic rings. The summed E-state index contributed by atoms with van der Waals surface area (Å²) in [7, 11) is 2.38. The fourth-order valence-corrected chi connectivity index (χ4v) is 7.51. The highest BCUT2D eigenvalue weighted by Gasteiger charge is 2.75. The number of hydrogen-bond acceptors (Lipinski definition) is 2. The normalized spacial score (nSPS) is 47.5. The monoisotopic (exact) mass is 292 g/mol. The third-order valence-corrected chi connectivity index (χ3v) is 8.19. The van der Waals surface area contributed by atoms with Crippen LogP contribution in [-0.2, 0) is 5.41 Å². The van der Waals surface area contributed by atoms with Crippen LogP contribution in [0.5, 0.6) is 0 Å². The minimum atomic E-state index is 0.388. The number of fused-ring (bicyclic) bond motifs is 3. The summed E-state index contributed by atoms with van der Waals surface area (Å²) >= 11 is 0. The lowest BCUT2D eigenvalue weighted by molar-refractivity contribution is -0.0572. The van der Waals surface area contributed by atoms with Gasteiger partial charge in [-0.25, -0.2) is 0 Å². The predicted molar refractivity (Wildman–Crippen MR) is 89.3 cm³/mol. The molecule has 2 heteroatoms. The molecule has 3 spiro atoms. The Balaban J connectivity index is 1.71. The fraction of sp³-hybridized carbons (Fsp3) is 0.600. The molecule has 0 N–H and O–H groups in total. The van der Waals surface area contributed by atoms with Crippen LogP contribution in [0.4, 0.5) is 5.69 Å². The lowest BCUT2D eigenvalue weighted by Crippen LogP contribution is -2.73. The maximum atomic E-state index is 2.82. The Hall–Kier alpha value is -1.28. The molecule has 2 bridgehead atoms. The maximum absolute atomic E-state index is 2.82. The molecule has 1 saturated heterocycles. The summed E-state index contributed by atoms with van der Waals surface area (Å²) in [4.78, 5) is 5.52. The standard InChI is InChI=1S/C20H24N2/c1-21-16-6-3-2-5-15(16)20-12-14-22-13-4-7-18(17(20)22)8-10-19(20,21)11-9-18/h2-7,17H,8-14H2,1H3/t17-,18?,19?,20+/m1/s1. The zero-order chi connectivity index (χ0) is 14.6. The second-order valence-electron chi connectivity index (χ2n) is 8.36. The minimum Gasteiger partial charge on any atom is -0.368 e. The highest BCUT2D eigenvalue weighted by atomic mass is 15.3. The Morgan fingerprint density at radius 1 is 1.05 bits per heavy atom. The molecule has 3 aliphatic carbocycles. The van der Waals surface area contributed by atoms with Gasteiger partial charge in [0.05, 0.1) is 5.54 Å². The van der Waals surface area contributed by atoms with E-state index in [1.165, 1.54) is 50.9 Å². The largest absolute Gasteiger partial charge is 0.368 e. The van der Waals surface area contributed by atoms with Crippen molar-refractivity contribution in [3.8, 4) is 0 Å². The first-order valence-corrected chi connectivity index (χ1v) is 8.99. The zero-order valence-corrected chi connectivity index (χ0v) is 13.4. The first kappa shape index (κ1) is 12.2. The zero-order valence-electron chi connectivity index (χ0n) is 13.4. The molecule has 0 aromatic heterocycles. The minimum absolute atomic E-state index is 0.388. The first-order valence-electron chi connectivity index (χ1n) is 8.99. The van der Waals surface area contributed by atoms with Gasteiger partial charge in [-0.05, 0) is 50.3 Å². The quantitative estimate of drug-likeness (QED) is 0.677. The summed E-state index contributed by atoms with van der Waals surface area (Å²) in [6.07, 6.45) is 12.0. The summed E-state index contributed by atoms with van der Waals surface area (Å²) in [5, 5.41) is 0. The van der Waals surface area contributed by atoms with Crippen molar-refractivity contribution in [1.82, 2.24) is 4.90 Å². The van der Waals surface area contributed by atoms with E-state index in [4.69, 9.17) is 0 Å². The van der Waals surface area contributed by atoms with Gasteiger partial charge in [-0.3, -0.25) is 4.90 Å². The molecular weight excluding hydrogens is 268 g/mol. The Morgan fingerprint density at radius 2 is 1.86 bits per heavy atom. The van der Waals surface area contributed by atoms with Crippen molar-refractivity contribution in [2.45, 2.75) is 49.1 Å². The topological polar surface area (TPSA) is 6.48 Å². The Morgan fingerprint density at radius 3 is 2.73 bits per heavy atom. The molecule has 2 nitrogen and oxygen atoms in total. The summed E-state index contributed by atoms with van der Waals surface area (Å²) in [5.41, 5.74) is 4.44. The van der Waals surface area contributed by atoms with Crippen LogP contribution < -0.4 is 4.90 Å². The highest BCUT2D eigenvalue weighted by Crippen LogP contribution is 2.73. The fourth-order valence-electron chi connectivity index (χ4n) is 7.51. The average molecular weight is 292 g/mol. The van der Waals surface area contributed by atoms with E-state index in [1.54, 1.807) is 5.56 Å². The van der Waals surface area contributed by atoms with Gasteiger partial charge in [0.2, 0.25) is 0 Å². The Kier molecular flexibility index (Phi) is 1.91. The SMILES string of the molecule is CN1c2ccccc2[C@]23CCN4CC=CC5(CCC12CC5)[C@@H]43. The van der Waals surface area contributed by atoms with Gasteiger partial charge in [-0.1, -0.05) is 30.4 Å². The molecule has 22 heavy (non-hydrogen) atoms. The molecule has 3 heterocycles. The van der Waals surface area contributed by atoms with Crippen molar-refractivity contribution < 1.29 is 0 Å². The number of benzene rings is 1. The predicted octanol–water partition coefficient (Wildman–Crippen LogP) is 3.33. The van der Waals surface area contributed by atoms with Crippen molar-refractivity contribution in [3.63, 3.8) is 0 Å². The second-order valence-corrected chi connectivity index (χ2v) is 8.36. The van der Waals surface area contributed by atoms with Crippen molar-refractivity contribution in [1.29, 1.82) is 0 Å². The Labute approximate surface area is 132 Å². The van der Waals surface area contributed by atoms with E-state index in [9.17, 15) is 0 Å². The molecule has 1 aromatic carbocycles. The number of anilines is 1. The lowest BCUT2D eigenvalue weighted by atomic mass is 9.42. The molecular formula is C20H24N2. The van der Waals surface area contributed by atoms with Gasteiger partial charge >= 0.3 is 0 Å². The van der Waals surface area contributed by atoms with Crippen LogP contribution in [0.1, 0.15) is 37.7 Å². The molecule has 4 fully saturated rings. The molecule has 0 unspecified atom stereocenters. The van der Waals surface area contributed by atoms with Gasteiger partial charge in [0.25, 0.3) is 0 Å². The van der Waals surface area contributed by atoms with Gasteiger partial charge in [-0.2, -0.15) is 0 Å². The van der Waals surface area contributed by atoms with E-state index in [-0.39, 0.29) is 0 Å².